The van der Waals surface area contributed by atoms with Gasteiger partial charge in [-0.1, -0.05) is 41.2 Å². The molecule has 7 heteroatoms. The van der Waals surface area contributed by atoms with Gasteiger partial charge in [-0.2, -0.15) is 0 Å². The van der Waals surface area contributed by atoms with Crippen LogP contribution in [0.25, 0.3) is 5.13 Å². The van der Waals surface area contributed by atoms with Crippen molar-refractivity contribution in [2.24, 2.45) is 5.92 Å². The Bertz CT molecular complexity index is 964. The molecule has 1 N–H and O–H groups in total. The van der Waals surface area contributed by atoms with Gasteiger partial charge in [-0.15, -0.1) is 10.2 Å². The van der Waals surface area contributed by atoms with Crippen LogP contribution in [0.5, 0.6) is 0 Å². The molecule has 3 aromatic rings. The topological polar surface area (TPSA) is 63.1 Å². The van der Waals surface area contributed by atoms with Gasteiger partial charge in [0.2, 0.25) is 16.2 Å². The fourth-order valence-electron chi connectivity index (χ4n) is 3.77. The van der Waals surface area contributed by atoms with Gasteiger partial charge in [-0.05, 0) is 51.3 Å². The molecule has 1 fully saturated rings. The number of rotatable bonds is 5. The minimum absolute atomic E-state index is 0.0676. The zero-order valence-electron chi connectivity index (χ0n) is 17.2. The van der Waals surface area contributed by atoms with Crippen LogP contribution in [-0.2, 0) is 11.3 Å². The highest BCUT2D eigenvalue weighted by molar-refractivity contribution is 7.17. The summed E-state index contributed by atoms with van der Waals surface area (Å²) in [6, 6.07) is 12.5. The molecular weight excluding hydrogens is 382 g/mol. The number of aryl methyl sites for hydroxylation is 3. The number of nitrogens with zero attached hydrogens (tertiary/aromatic N) is 4. The zero-order valence-corrected chi connectivity index (χ0v) is 18.0. The molecule has 0 saturated carbocycles. The summed E-state index contributed by atoms with van der Waals surface area (Å²) in [7, 11) is 0. The lowest BCUT2D eigenvalue weighted by Crippen LogP contribution is -2.40. The van der Waals surface area contributed by atoms with E-state index in [4.69, 9.17) is 0 Å². The average Bonchev–Trinajstić information content (AvgIpc) is 3.33. The number of carbonyl (C=O) groups excluding carboxylic acids is 1. The Morgan fingerprint density at radius 2 is 1.62 bits per heavy atom. The summed E-state index contributed by atoms with van der Waals surface area (Å²) in [6.45, 7) is 8.48. The van der Waals surface area contributed by atoms with Gasteiger partial charge in [-0.3, -0.25) is 9.36 Å². The molecule has 0 radical (unpaired) electrons. The first-order valence-electron chi connectivity index (χ1n) is 10.1. The van der Waals surface area contributed by atoms with E-state index >= 15 is 0 Å². The molecule has 152 valence electrons. The van der Waals surface area contributed by atoms with Gasteiger partial charge in [0.25, 0.3) is 0 Å². The SMILES string of the molecule is Cc1ccc(CNC(=O)C2CCN(c3nnc(-n4c(C)ccc4C)s3)CC2)cc1. The number of anilines is 1. The first-order chi connectivity index (χ1) is 14.0. The molecule has 0 spiro atoms. The van der Waals surface area contributed by atoms with Crippen LogP contribution >= 0.6 is 11.3 Å². The van der Waals surface area contributed by atoms with Crippen LogP contribution in [0.1, 0.15) is 35.4 Å². The summed E-state index contributed by atoms with van der Waals surface area (Å²) < 4.78 is 2.13. The molecule has 0 atom stereocenters. The molecule has 6 nitrogen and oxygen atoms in total. The molecule has 1 aliphatic heterocycles. The maximum absolute atomic E-state index is 12.6. The Morgan fingerprint density at radius 1 is 1.00 bits per heavy atom. The largest absolute Gasteiger partial charge is 0.352 e. The second-order valence-corrected chi connectivity index (χ2v) is 8.72. The number of hydrogen-bond donors (Lipinski definition) is 1. The van der Waals surface area contributed by atoms with E-state index in [2.05, 4.69) is 82.2 Å². The van der Waals surface area contributed by atoms with Gasteiger partial charge in [0.1, 0.15) is 0 Å². The number of benzene rings is 1. The van der Waals surface area contributed by atoms with Gasteiger partial charge in [0.15, 0.2) is 0 Å². The fourth-order valence-corrected chi connectivity index (χ4v) is 4.79. The van der Waals surface area contributed by atoms with Crippen molar-refractivity contribution in [3.63, 3.8) is 0 Å². The van der Waals surface area contributed by atoms with Crippen molar-refractivity contribution in [1.82, 2.24) is 20.1 Å². The summed E-state index contributed by atoms with van der Waals surface area (Å²) in [5.41, 5.74) is 4.69. The van der Waals surface area contributed by atoms with Gasteiger partial charge in [-0.25, -0.2) is 0 Å². The van der Waals surface area contributed by atoms with Crippen LogP contribution in [0.4, 0.5) is 5.13 Å². The normalized spacial score (nSPS) is 14.9. The van der Waals surface area contributed by atoms with Crippen LogP contribution in [0.15, 0.2) is 36.4 Å². The van der Waals surface area contributed by atoms with Crippen LogP contribution in [0.2, 0.25) is 0 Å². The summed E-state index contributed by atoms with van der Waals surface area (Å²) in [6.07, 6.45) is 1.69. The molecule has 0 bridgehead atoms. The molecule has 0 unspecified atom stereocenters. The van der Waals surface area contributed by atoms with Crippen LogP contribution < -0.4 is 10.2 Å². The highest BCUT2D eigenvalue weighted by atomic mass is 32.1. The zero-order chi connectivity index (χ0) is 20.4. The first kappa shape index (κ1) is 19.6. The van der Waals surface area contributed by atoms with Gasteiger partial charge in [0.05, 0.1) is 0 Å². The molecule has 29 heavy (non-hydrogen) atoms. The molecule has 4 rings (SSSR count). The van der Waals surface area contributed by atoms with Crippen molar-refractivity contribution in [1.29, 1.82) is 0 Å². The van der Waals surface area contributed by atoms with E-state index in [0.717, 1.165) is 53.1 Å². The Labute approximate surface area is 175 Å². The Hall–Kier alpha value is -2.67. The second-order valence-electron chi connectivity index (χ2n) is 7.78. The van der Waals surface area contributed by atoms with Crippen molar-refractivity contribution >= 4 is 22.4 Å². The average molecular weight is 410 g/mol. The lowest BCUT2D eigenvalue weighted by atomic mass is 9.96. The molecule has 2 aromatic heterocycles. The maximum atomic E-state index is 12.6. The third-order valence-electron chi connectivity index (χ3n) is 5.59. The van der Waals surface area contributed by atoms with Gasteiger partial charge in [0, 0.05) is 36.9 Å². The van der Waals surface area contributed by atoms with E-state index < -0.39 is 0 Å². The van der Waals surface area contributed by atoms with Crippen LogP contribution in [0.3, 0.4) is 0 Å². The number of piperidine rings is 1. The Morgan fingerprint density at radius 3 is 2.28 bits per heavy atom. The van der Waals surface area contributed by atoms with Crippen molar-refractivity contribution in [2.75, 3.05) is 18.0 Å². The molecule has 3 heterocycles. The Balaban J connectivity index is 1.31. The number of hydrogen-bond acceptors (Lipinski definition) is 5. The van der Waals surface area contributed by atoms with E-state index in [1.807, 2.05) is 0 Å². The van der Waals surface area contributed by atoms with E-state index in [9.17, 15) is 4.79 Å². The molecular formula is C22H27N5OS. The molecule has 1 aliphatic rings. The number of aromatic nitrogens is 3. The summed E-state index contributed by atoms with van der Waals surface area (Å²) in [5.74, 6) is 0.222. The van der Waals surface area contributed by atoms with E-state index in [1.165, 1.54) is 5.56 Å². The lowest BCUT2D eigenvalue weighted by Gasteiger charge is -2.30. The fraction of sp³-hybridized carbons (Fsp3) is 0.409. The van der Waals surface area contributed by atoms with Crippen molar-refractivity contribution in [3.05, 3.63) is 58.9 Å². The number of carbonyl (C=O) groups is 1. The van der Waals surface area contributed by atoms with Crippen molar-refractivity contribution in [2.45, 2.75) is 40.2 Å². The molecule has 1 saturated heterocycles. The predicted molar refractivity (Wildman–Crippen MR) is 117 cm³/mol. The van der Waals surface area contributed by atoms with Crippen LogP contribution in [-0.4, -0.2) is 33.8 Å². The third kappa shape index (κ3) is 4.34. The first-order valence-corrected chi connectivity index (χ1v) is 10.9. The monoisotopic (exact) mass is 409 g/mol. The lowest BCUT2D eigenvalue weighted by molar-refractivity contribution is -0.125. The van der Waals surface area contributed by atoms with Crippen molar-refractivity contribution < 1.29 is 4.79 Å². The van der Waals surface area contributed by atoms with E-state index in [1.54, 1.807) is 11.3 Å². The predicted octanol–water partition coefficient (Wildman–Crippen LogP) is 3.79. The summed E-state index contributed by atoms with van der Waals surface area (Å²) >= 11 is 1.61. The van der Waals surface area contributed by atoms with Crippen molar-refractivity contribution in [3.8, 4) is 5.13 Å². The number of amides is 1. The van der Waals surface area contributed by atoms with E-state index in [0.29, 0.717) is 6.54 Å². The smallest absolute Gasteiger partial charge is 0.223 e. The minimum Gasteiger partial charge on any atom is -0.352 e. The molecule has 0 aliphatic carbocycles. The summed E-state index contributed by atoms with van der Waals surface area (Å²) in [4.78, 5) is 14.8. The van der Waals surface area contributed by atoms with Crippen LogP contribution in [0, 0.1) is 26.7 Å². The molecule has 1 amide bonds. The van der Waals surface area contributed by atoms with Gasteiger partial charge >= 0.3 is 0 Å². The summed E-state index contributed by atoms with van der Waals surface area (Å²) in [5, 5.41) is 13.7. The standard InChI is InChI=1S/C22H27N5OS/c1-15-4-8-18(9-5-15)14-23-20(28)19-10-12-26(13-11-19)21-24-25-22(29-21)27-16(2)6-7-17(27)3/h4-9,19H,10-14H2,1-3H3,(H,23,28). The van der Waals surface area contributed by atoms with E-state index in [-0.39, 0.29) is 11.8 Å². The molecule has 1 aromatic carbocycles. The quantitative estimate of drug-likeness (QED) is 0.696. The third-order valence-corrected chi connectivity index (χ3v) is 6.56. The highest BCUT2D eigenvalue weighted by Gasteiger charge is 2.26. The minimum atomic E-state index is 0.0676. The second kappa shape index (κ2) is 8.37. The highest BCUT2D eigenvalue weighted by Crippen LogP contribution is 2.29. The maximum Gasteiger partial charge on any atom is 0.223 e. The number of nitrogens with one attached hydrogen (secondary N) is 1. The van der Waals surface area contributed by atoms with Gasteiger partial charge < -0.3 is 10.2 Å². The Kier molecular flexibility index (Phi) is 5.67.